The van der Waals surface area contributed by atoms with Gasteiger partial charge >= 0.3 is 5.97 Å². The van der Waals surface area contributed by atoms with Crippen LogP contribution >= 0.6 is 0 Å². The fourth-order valence-electron chi connectivity index (χ4n) is 1.23. The molecule has 0 fully saturated rings. The Labute approximate surface area is 77.7 Å². The van der Waals surface area contributed by atoms with Crippen molar-refractivity contribution in [2.75, 3.05) is 13.2 Å². The molecule has 13 heavy (non-hydrogen) atoms. The van der Waals surface area contributed by atoms with Crippen LogP contribution in [0.3, 0.4) is 0 Å². The molecular weight excluding hydrogens is 168 g/mol. The van der Waals surface area contributed by atoms with E-state index >= 15 is 0 Å². The van der Waals surface area contributed by atoms with Gasteiger partial charge in [0.25, 0.3) is 0 Å². The van der Waals surface area contributed by atoms with Crippen LogP contribution in [-0.4, -0.2) is 19.1 Å². The maximum atomic E-state index is 11.4. The first kappa shape index (κ1) is 9.89. The molecule has 0 spiro atoms. The summed E-state index contributed by atoms with van der Waals surface area (Å²) in [4.78, 5) is 11.4. The van der Waals surface area contributed by atoms with Gasteiger partial charge in [0.2, 0.25) is 0 Å². The highest BCUT2D eigenvalue weighted by Gasteiger charge is 2.28. The van der Waals surface area contributed by atoms with Gasteiger partial charge in [-0.3, -0.25) is 4.79 Å². The topological polar surface area (TPSA) is 51.0 Å². The van der Waals surface area contributed by atoms with Crippen LogP contribution in [0.1, 0.15) is 20.8 Å². The van der Waals surface area contributed by atoms with Crippen molar-refractivity contribution in [3.05, 3.63) is 11.3 Å². The van der Waals surface area contributed by atoms with Crippen LogP contribution < -0.4 is 0 Å². The zero-order valence-electron chi connectivity index (χ0n) is 8.20. The Balaban J connectivity index is 2.73. The molecule has 0 radical (unpaired) electrons. The molecule has 4 heteroatoms. The summed E-state index contributed by atoms with van der Waals surface area (Å²) in [6, 6.07) is 0. The van der Waals surface area contributed by atoms with Gasteiger partial charge in [0.15, 0.2) is 0 Å². The predicted octanol–water partition coefficient (Wildman–Crippen LogP) is 1.93. The summed E-state index contributed by atoms with van der Waals surface area (Å²) in [5.41, 5.74) is 1.79. The third-order valence-corrected chi connectivity index (χ3v) is 1.86. The summed E-state index contributed by atoms with van der Waals surface area (Å²) >= 11 is 0. The van der Waals surface area contributed by atoms with Crippen LogP contribution in [0.4, 0.5) is 0 Å². The molecule has 1 aliphatic rings. The van der Waals surface area contributed by atoms with E-state index in [0.29, 0.717) is 13.2 Å². The van der Waals surface area contributed by atoms with Crippen LogP contribution in [0.5, 0.6) is 0 Å². The normalized spacial score (nSPS) is 20.5. The predicted molar refractivity (Wildman–Crippen MR) is 48.2 cm³/mol. The molecule has 1 atom stereocenters. The fraction of sp³-hybridized carbons (Fsp3) is 0.667. The molecule has 72 valence electrons. The Kier molecular flexibility index (Phi) is 3.17. The number of azo groups is 1. The van der Waals surface area contributed by atoms with E-state index in [1.165, 1.54) is 0 Å². The molecule has 1 rings (SSSR count). The van der Waals surface area contributed by atoms with Crippen molar-refractivity contribution in [2.24, 2.45) is 16.1 Å². The number of hydrogen-bond acceptors (Lipinski definition) is 4. The smallest absolute Gasteiger partial charge is 0.317 e. The Morgan fingerprint density at radius 3 is 2.85 bits per heavy atom. The minimum absolute atomic E-state index is 0.219. The lowest BCUT2D eigenvalue weighted by atomic mass is 10.0. The van der Waals surface area contributed by atoms with Gasteiger partial charge in [0, 0.05) is 0 Å². The van der Waals surface area contributed by atoms with Gasteiger partial charge in [-0.1, -0.05) is 5.57 Å². The first-order valence-corrected chi connectivity index (χ1v) is 4.38. The van der Waals surface area contributed by atoms with E-state index in [2.05, 4.69) is 10.2 Å². The van der Waals surface area contributed by atoms with Gasteiger partial charge in [0.05, 0.1) is 18.8 Å². The SMILES string of the molecule is CCOC(=O)C1CN=NC1=C(C)C. The van der Waals surface area contributed by atoms with Crippen LogP contribution in [0, 0.1) is 5.92 Å². The van der Waals surface area contributed by atoms with E-state index in [-0.39, 0.29) is 11.9 Å². The largest absolute Gasteiger partial charge is 0.465 e. The molecule has 0 aromatic rings. The number of rotatable bonds is 2. The number of esters is 1. The number of nitrogens with zero attached hydrogens (tertiary/aromatic N) is 2. The number of carbonyl (C=O) groups excluding carboxylic acids is 1. The van der Waals surface area contributed by atoms with Crippen LogP contribution in [0.2, 0.25) is 0 Å². The zero-order chi connectivity index (χ0) is 9.84. The van der Waals surface area contributed by atoms with Crippen molar-refractivity contribution in [3.8, 4) is 0 Å². The first-order chi connectivity index (χ1) is 6.16. The van der Waals surface area contributed by atoms with E-state index < -0.39 is 0 Å². The minimum Gasteiger partial charge on any atom is -0.465 e. The minimum atomic E-state index is -0.273. The van der Waals surface area contributed by atoms with E-state index in [9.17, 15) is 4.79 Å². The number of carbonyl (C=O) groups is 1. The summed E-state index contributed by atoms with van der Waals surface area (Å²) in [7, 11) is 0. The molecule has 0 aromatic carbocycles. The summed E-state index contributed by atoms with van der Waals surface area (Å²) < 4.78 is 4.91. The number of hydrogen-bond donors (Lipinski definition) is 0. The second-order valence-electron chi connectivity index (χ2n) is 3.11. The standard InChI is InChI=1S/C9H14N2O2/c1-4-13-9(12)7-5-10-11-8(7)6(2)3/h7H,4-5H2,1-3H3. The van der Waals surface area contributed by atoms with Gasteiger partial charge in [-0.05, 0) is 20.8 Å². The van der Waals surface area contributed by atoms with Crippen molar-refractivity contribution < 1.29 is 9.53 Å². The lowest BCUT2D eigenvalue weighted by molar-refractivity contribution is -0.146. The van der Waals surface area contributed by atoms with Gasteiger partial charge < -0.3 is 4.74 Å². The van der Waals surface area contributed by atoms with Crippen molar-refractivity contribution in [1.29, 1.82) is 0 Å². The molecule has 0 aliphatic carbocycles. The Hall–Kier alpha value is -1.19. The van der Waals surface area contributed by atoms with Crippen molar-refractivity contribution in [3.63, 3.8) is 0 Å². The molecule has 0 bridgehead atoms. The molecule has 0 aromatic heterocycles. The Morgan fingerprint density at radius 1 is 1.62 bits per heavy atom. The summed E-state index contributed by atoms with van der Waals surface area (Å²) in [6.45, 7) is 6.48. The van der Waals surface area contributed by atoms with E-state index in [1.807, 2.05) is 13.8 Å². The van der Waals surface area contributed by atoms with Gasteiger partial charge in [-0.2, -0.15) is 10.2 Å². The fourth-order valence-corrected chi connectivity index (χ4v) is 1.23. The van der Waals surface area contributed by atoms with Crippen molar-refractivity contribution >= 4 is 5.97 Å². The summed E-state index contributed by atoms with van der Waals surface area (Å²) in [6.07, 6.45) is 0. The number of ether oxygens (including phenoxy) is 1. The molecule has 0 saturated heterocycles. The molecular formula is C9H14N2O2. The molecule has 1 aliphatic heterocycles. The molecule has 0 amide bonds. The lowest BCUT2D eigenvalue weighted by Gasteiger charge is -2.08. The maximum absolute atomic E-state index is 11.4. The monoisotopic (exact) mass is 182 g/mol. The van der Waals surface area contributed by atoms with E-state index in [4.69, 9.17) is 4.74 Å². The Bertz CT molecular complexity index is 265. The molecule has 1 unspecified atom stereocenters. The quantitative estimate of drug-likeness (QED) is 0.612. The van der Waals surface area contributed by atoms with E-state index in [1.54, 1.807) is 6.92 Å². The third kappa shape index (κ3) is 2.14. The van der Waals surface area contributed by atoms with Gasteiger partial charge in [-0.25, -0.2) is 0 Å². The molecule has 0 saturated carbocycles. The highest BCUT2D eigenvalue weighted by atomic mass is 16.5. The van der Waals surface area contributed by atoms with Crippen LogP contribution in [0.15, 0.2) is 21.5 Å². The van der Waals surface area contributed by atoms with Gasteiger partial charge in [0.1, 0.15) is 5.92 Å². The summed E-state index contributed by atoms with van der Waals surface area (Å²) in [5, 5.41) is 7.76. The van der Waals surface area contributed by atoms with E-state index in [0.717, 1.165) is 11.3 Å². The molecule has 4 nitrogen and oxygen atoms in total. The summed E-state index contributed by atoms with van der Waals surface area (Å²) in [5.74, 6) is -0.492. The van der Waals surface area contributed by atoms with Crippen LogP contribution in [-0.2, 0) is 9.53 Å². The highest BCUT2D eigenvalue weighted by Crippen LogP contribution is 2.24. The number of allylic oxidation sites excluding steroid dienone is 1. The average molecular weight is 182 g/mol. The molecule has 1 heterocycles. The van der Waals surface area contributed by atoms with Crippen molar-refractivity contribution in [1.82, 2.24) is 0 Å². The molecule has 0 N–H and O–H groups in total. The maximum Gasteiger partial charge on any atom is 0.317 e. The second kappa shape index (κ2) is 4.16. The average Bonchev–Trinajstić information content (AvgIpc) is 2.52. The van der Waals surface area contributed by atoms with Crippen LogP contribution in [0.25, 0.3) is 0 Å². The second-order valence-corrected chi connectivity index (χ2v) is 3.11. The van der Waals surface area contributed by atoms with Gasteiger partial charge in [-0.15, -0.1) is 0 Å². The first-order valence-electron chi connectivity index (χ1n) is 4.38. The van der Waals surface area contributed by atoms with Crippen molar-refractivity contribution in [2.45, 2.75) is 20.8 Å². The highest BCUT2D eigenvalue weighted by molar-refractivity contribution is 5.76. The zero-order valence-corrected chi connectivity index (χ0v) is 8.20. The lowest BCUT2D eigenvalue weighted by Crippen LogP contribution is -2.19. The Morgan fingerprint density at radius 2 is 2.31 bits per heavy atom. The third-order valence-electron chi connectivity index (χ3n) is 1.86.